The van der Waals surface area contributed by atoms with Gasteiger partial charge < -0.3 is 4.74 Å². The lowest BCUT2D eigenvalue weighted by molar-refractivity contribution is 0.324. The SMILES string of the molecule is CCOc1cccc(SCCCl)n1. The molecule has 0 aromatic carbocycles. The number of ether oxygens (including phenoxy) is 1. The molecule has 0 radical (unpaired) electrons. The second-order valence-corrected chi connectivity index (χ2v) is 3.78. The summed E-state index contributed by atoms with van der Waals surface area (Å²) < 4.78 is 5.27. The van der Waals surface area contributed by atoms with Crippen molar-refractivity contribution in [2.24, 2.45) is 0 Å². The van der Waals surface area contributed by atoms with E-state index in [9.17, 15) is 0 Å². The van der Waals surface area contributed by atoms with E-state index in [0.717, 1.165) is 10.8 Å². The van der Waals surface area contributed by atoms with Gasteiger partial charge in [-0.15, -0.1) is 23.4 Å². The van der Waals surface area contributed by atoms with Crippen LogP contribution in [-0.2, 0) is 0 Å². The van der Waals surface area contributed by atoms with Gasteiger partial charge >= 0.3 is 0 Å². The second kappa shape index (κ2) is 6.11. The van der Waals surface area contributed by atoms with Gasteiger partial charge in [-0.05, 0) is 13.0 Å². The molecule has 13 heavy (non-hydrogen) atoms. The number of rotatable bonds is 5. The van der Waals surface area contributed by atoms with Crippen LogP contribution in [-0.4, -0.2) is 23.2 Å². The lowest BCUT2D eigenvalue weighted by Crippen LogP contribution is -1.94. The number of pyridine rings is 1. The van der Waals surface area contributed by atoms with E-state index in [4.69, 9.17) is 16.3 Å². The van der Waals surface area contributed by atoms with Crippen molar-refractivity contribution < 1.29 is 4.74 Å². The summed E-state index contributed by atoms with van der Waals surface area (Å²) >= 11 is 7.21. The van der Waals surface area contributed by atoms with Gasteiger partial charge in [0.2, 0.25) is 5.88 Å². The first-order valence-corrected chi connectivity index (χ1v) is 5.67. The Morgan fingerprint density at radius 3 is 3.08 bits per heavy atom. The van der Waals surface area contributed by atoms with Crippen molar-refractivity contribution in [2.75, 3.05) is 18.2 Å². The predicted octanol–water partition coefficient (Wildman–Crippen LogP) is 2.81. The minimum Gasteiger partial charge on any atom is -0.478 e. The average Bonchev–Trinajstić information content (AvgIpc) is 2.16. The molecule has 0 aliphatic heterocycles. The topological polar surface area (TPSA) is 22.1 Å². The molecule has 1 aromatic heterocycles. The number of hydrogen-bond acceptors (Lipinski definition) is 3. The summed E-state index contributed by atoms with van der Waals surface area (Å²) in [4.78, 5) is 4.28. The Kier molecular flexibility index (Phi) is 5.01. The van der Waals surface area contributed by atoms with E-state index in [1.165, 1.54) is 0 Å². The number of hydrogen-bond donors (Lipinski definition) is 0. The van der Waals surface area contributed by atoms with Crippen molar-refractivity contribution in [3.8, 4) is 5.88 Å². The minimum atomic E-state index is 0.644. The van der Waals surface area contributed by atoms with E-state index >= 15 is 0 Å². The smallest absolute Gasteiger partial charge is 0.214 e. The maximum Gasteiger partial charge on any atom is 0.214 e. The molecule has 0 N–H and O–H groups in total. The van der Waals surface area contributed by atoms with Crippen LogP contribution in [0.5, 0.6) is 5.88 Å². The van der Waals surface area contributed by atoms with Gasteiger partial charge in [-0.2, -0.15) is 0 Å². The molecule has 2 nitrogen and oxygen atoms in total. The number of nitrogens with zero attached hydrogens (tertiary/aromatic N) is 1. The van der Waals surface area contributed by atoms with Crippen LogP contribution in [0.25, 0.3) is 0 Å². The van der Waals surface area contributed by atoms with Gasteiger partial charge in [0.25, 0.3) is 0 Å². The highest BCUT2D eigenvalue weighted by Crippen LogP contribution is 2.18. The zero-order chi connectivity index (χ0) is 9.52. The number of alkyl halides is 1. The number of thioether (sulfide) groups is 1. The quantitative estimate of drug-likeness (QED) is 0.560. The van der Waals surface area contributed by atoms with Crippen molar-refractivity contribution in [3.63, 3.8) is 0 Å². The molecule has 1 heterocycles. The molecular formula is C9H12ClNOS. The third-order valence-corrected chi connectivity index (χ3v) is 2.66. The summed E-state index contributed by atoms with van der Waals surface area (Å²) in [6.45, 7) is 2.59. The molecule has 0 fully saturated rings. The molecule has 0 spiro atoms. The molecule has 0 atom stereocenters. The van der Waals surface area contributed by atoms with Gasteiger partial charge in [0.05, 0.1) is 6.61 Å². The molecular weight excluding hydrogens is 206 g/mol. The summed E-state index contributed by atoms with van der Waals surface area (Å²) in [5.41, 5.74) is 0. The van der Waals surface area contributed by atoms with E-state index in [2.05, 4.69) is 4.98 Å². The average molecular weight is 218 g/mol. The Morgan fingerprint density at radius 1 is 1.54 bits per heavy atom. The van der Waals surface area contributed by atoms with Crippen LogP contribution < -0.4 is 4.74 Å². The van der Waals surface area contributed by atoms with Gasteiger partial charge in [-0.1, -0.05) is 6.07 Å². The van der Waals surface area contributed by atoms with Crippen LogP contribution in [0.4, 0.5) is 0 Å². The Morgan fingerprint density at radius 2 is 2.38 bits per heavy atom. The molecule has 0 amide bonds. The summed E-state index contributed by atoms with van der Waals surface area (Å²) in [5, 5.41) is 0.964. The van der Waals surface area contributed by atoms with E-state index in [1.807, 2.05) is 25.1 Å². The highest BCUT2D eigenvalue weighted by Gasteiger charge is 1.97. The zero-order valence-corrected chi connectivity index (χ0v) is 9.07. The highest BCUT2D eigenvalue weighted by atomic mass is 35.5. The normalized spacial score (nSPS) is 10.0. The molecule has 0 bridgehead atoms. The zero-order valence-electron chi connectivity index (χ0n) is 7.50. The van der Waals surface area contributed by atoms with E-state index in [-0.39, 0.29) is 0 Å². The Hall–Kier alpha value is -0.410. The monoisotopic (exact) mass is 217 g/mol. The first-order chi connectivity index (χ1) is 6.36. The Labute approximate surface area is 87.7 Å². The van der Waals surface area contributed by atoms with Crippen LogP contribution in [0.2, 0.25) is 0 Å². The minimum absolute atomic E-state index is 0.644. The number of aromatic nitrogens is 1. The molecule has 72 valence electrons. The van der Waals surface area contributed by atoms with Crippen LogP contribution in [0, 0.1) is 0 Å². The lowest BCUT2D eigenvalue weighted by Gasteiger charge is -2.03. The van der Waals surface area contributed by atoms with Gasteiger partial charge in [0.15, 0.2) is 0 Å². The predicted molar refractivity (Wildman–Crippen MR) is 56.9 cm³/mol. The van der Waals surface area contributed by atoms with E-state index < -0.39 is 0 Å². The van der Waals surface area contributed by atoms with Gasteiger partial charge in [-0.3, -0.25) is 0 Å². The van der Waals surface area contributed by atoms with Crippen LogP contribution in [0.3, 0.4) is 0 Å². The van der Waals surface area contributed by atoms with Gasteiger partial charge in [0.1, 0.15) is 5.03 Å². The molecule has 1 aromatic rings. The van der Waals surface area contributed by atoms with Crippen molar-refractivity contribution >= 4 is 23.4 Å². The van der Waals surface area contributed by atoms with Crippen molar-refractivity contribution in [2.45, 2.75) is 11.9 Å². The van der Waals surface area contributed by atoms with E-state index in [1.54, 1.807) is 11.8 Å². The Balaban J connectivity index is 2.56. The Bertz CT molecular complexity index is 257. The van der Waals surface area contributed by atoms with Crippen LogP contribution in [0.1, 0.15) is 6.92 Å². The first-order valence-electron chi connectivity index (χ1n) is 4.15. The van der Waals surface area contributed by atoms with Crippen molar-refractivity contribution in [1.82, 2.24) is 4.98 Å². The van der Waals surface area contributed by atoms with Gasteiger partial charge in [0, 0.05) is 17.7 Å². The third-order valence-electron chi connectivity index (χ3n) is 1.32. The molecule has 4 heteroatoms. The molecule has 0 aliphatic rings. The highest BCUT2D eigenvalue weighted by molar-refractivity contribution is 7.99. The fourth-order valence-electron chi connectivity index (χ4n) is 0.848. The van der Waals surface area contributed by atoms with Crippen LogP contribution >= 0.6 is 23.4 Å². The maximum absolute atomic E-state index is 5.57. The van der Waals surface area contributed by atoms with Crippen LogP contribution in [0.15, 0.2) is 23.2 Å². The first kappa shape index (κ1) is 10.7. The molecule has 0 aliphatic carbocycles. The van der Waals surface area contributed by atoms with Crippen molar-refractivity contribution in [1.29, 1.82) is 0 Å². The summed E-state index contributed by atoms with van der Waals surface area (Å²) in [7, 11) is 0. The number of halogens is 1. The molecule has 0 saturated heterocycles. The largest absolute Gasteiger partial charge is 0.478 e. The molecule has 0 unspecified atom stereocenters. The molecule has 0 saturated carbocycles. The lowest BCUT2D eigenvalue weighted by atomic mass is 10.5. The van der Waals surface area contributed by atoms with Gasteiger partial charge in [-0.25, -0.2) is 4.98 Å². The maximum atomic E-state index is 5.57. The fraction of sp³-hybridized carbons (Fsp3) is 0.444. The summed E-state index contributed by atoms with van der Waals surface area (Å²) in [6.07, 6.45) is 0. The third kappa shape index (κ3) is 3.87. The van der Waals surface area contributed by atoms with E-state index in [0.29, 0.717) is 18.4 Å². The summed E-state index contributed by atoms with van der Waals surface area (Å²) in [6, 6.07) is 5.75. The second-order valence-electron chi connectivity index (χ2n) is 2.28. The van der Waals surface area contributed by atoms with Crippen molar-refractivity contribution in [3.05, 3.63) is 18.2 Å². The standard InChI is InChI=1S/C9H12ClNOS/c1-2-12-8-4-3-5-9(11-8)13-7-6-10/h3-5H,2,6-7H2,1H3. The summed E-state index contributed by atoms with van der Waals surface area (Å²) in [5.74, 6) is 2.21. The fourth-order valence-corrected chi connectivity index (χ4v) is 1.69. The molecule has 1 rings (SSSR count).